The molecule has 0 atom stereocenters. The summed E-state index contributed by atoms with van der Waals surface area (Å²) in [5.41, 5.74) is 6.60. The second kappa shape index (κ2) is 5.98. The van der Waals surface area contributed by atoms with Gasteiger partial charge >= 0.3 is 0 Å². The van der Waals surface area contributed by atoms with E-state index < -0.39 is 0 Å². The predicted octanol–water partition coefficient (Wildman–Crippen LogP) is 3.23. The summed E-state index contributed by atoms with van der Waals surface area (Å²) in [7, 11) is 0. The van der Waals surface area contributed by atoms with Crippen LogP contribution in [-0.2, 0) is 6.54 Å². The average molecular weight is 252 g/mol. The Kier molecular flexibility index (Phi) is 4.60. The summed E-state index contributed by atoms with van der Waals surface area (Å²) >= 11 is 1.85. The van der Waals surface area contributed by atoms with Gasteiger partial charge in [-0.25, -0.2) is 0 Å². The van der Waals surface area contributed by atoms with Crippen LogP contribution < -0.4 is 5.73 Å². The van der Waals surface area contributed by atoms with Crippen LogP contribution >= 0.6 is 11.3 Å². The summed E-state index contributed by atoms with van der Waals surface area (Å²) in [6.45, 7) is 5.45. The van der Waals surface area contributed by atoms with Gasteiger partial charge in [-0.2, -0.15) is 0 Å². The molecule has 1 heterocycles. The molecule has 1 aliphatic rings. The molecule has 0 bridgehead atoms. The van der Waals surface area contributed by atoms with Crippen LogP contribution in [0.5, 0.6) is 0 Å². The van der Waals surface area contributed by atoms with E-state index >= 15 is 0 Å². The van der Waals surface area contributed by atoms with E-state index in [9.17, 15) is 0 Å². The van der Waals surface area contributed by atoms with Crippen molar-refractivity contribution in [3.05, 3.63) is 22.4 Å². The summed E-state index contributed by atoms with van der Waals surface area (Å²) in [4.78, 5) is 3.95. The highest BCUT2D eigenvalue weighted by Gasteiger charge is 2.29. The second-order valence-corrected chi connectivity index (χ2v) is 6.34. The van der Waals surface area contributed by atoms with Crippen LogP contribution in [0, 0.1) is 0 Å². The molecule has 0 aromatic carbocycles. The van der Waals surface area contributed by atoms with Crippen LogP contribution in [0.2, 0.25) is 0 Å². The maximum Gasteiger partial charge on any atom is 0.0328 e. The molecule has 0 spiro atoms. The van der Waals surface area contributed by atoms with E-state index in [1.807, 2.05) is 11.3 Å². The van der Waals surface area contributed by atoms with Crippen LogP contribution in [0.4, 0.5) is 0 Å². The second-order valence-electron chi connectivity index (χ2n) is 5.31. The van der Waals surface area contributed by atoms with Gasteiger partial charge in [0.2, 0.25) is 0 Å². The van der Waals surface area contributed by atoms with Gasteiger partial charge in [-0.05, 0) is 30.8 Å². The Morgan fingerprint density at radius 1 is 1.35 bits per heavy atom. The molecular weight excluding hydrogens is 228 g/mol. The molecule has 17 heavy (non-hydrogen) atoms. The molecule has 1 aromatic heterocycles. The Balaban J connectivity index is 1.90. The molecule has 1 saturated carbocycles. The Bertz CT molecular complexity index is 315. The van der Waals surface area contributed by atoms with E-state index in [0.29, 0.717) is 0 Å². The van der Waals surface area contributed by atoms with Crippen LogP contribution in [0.3, 0.4) is 0 Å². The van der Waals surface area contributed by atoms with E-state index in [1.54, 1.807) is 0 Å². The number of rotatable bonds is 5. The van der Waals surface area contributed by atoms with Gasteiger partial charge in [-0.15, -0.1) is 11.3 Å². The van der Waals surface area contributed by atoms with E-state index in [0.717, 1.165) is 19.6 Å². The number of thiophene rings is 1. The normalized spacial score (nSPS) is 19.7. The number of nitrogens with zero attached hydrogens (tertiary/aromatic N) is 1. The highest BCUT2D eigenvalue weighted by atomic mass is 32.1. The van der Waals surface area contributed by atoms with Crippen LogP contribution in [0.25, 0.3) is 0 Å². The van der Waals surface area contributed by atoms with E-state index in [-0.39, 0.29) is 5.54 Å². The first kappa shape index (κ1) is 13.1. The molecule has 3 heteroatoms. The Hall–Kier alpha value is -0.380. The van der Waals surface area contributed by atoms with Crippen molar-refractivity contribution in [1.82, 2.24) is 4.90 Å². The average Bonchev–Trinajstić information content (AvgIpc) is 2.81. The first-order chi connectivity index (χ1) is 8.22. The zero-order chi connectivity index (χ0) is 12.1. The lowest BCUT2D eigenvalue weighted by atomic mass is 9.82. The van der Waals surface area contributed by atoms with Crippen molar-refractivity contribution in [2.45, 2.75) is 51.1 Å². The minimum atomic E-state index is 0.0749. The fraction of sp³-hybridized carbons (Fsp3) is 0.714. The number of hydrogen-bond donors (Lipinski definition) is 1. The minimum Gasteiger partial charge on any atom is -0.324 e. The number of hydrogen-bond acceptors (Lipinski definition) is 3. The molecule has 96 valence electrons. The van der Waals surface area contributed by atoms with Crippen LogP contribution in [0.15, 0.2) is 17.5 Å². The van der Waals surface area contributed by atoms with Crippen LogP contribution in [0.1, 0.15) is 43.9 Å². The minimum absolute atomic E-state index is 0.0749. The monoisotopic (exact) mass is 252 g/mol. The molecule has 1 aromatic rings. The first-order valence-corrected chi connectivity index (χ1v) is 7.63. The molecule has 0 unspecified atom stereocenters. The number of nitrogens with two attached hydrogens (primary N) is 1. The van der Waals surface area contributed by atoms with Crippen LogP contribution in [-0.4, -0.2) is 23.5 Å². The lowest BCUT2D eigenvalue weighted by Crippen LogP contribution is -2.51. The van der Waals surface area contributed by atoms with Gasteiger partial charge in [0.1, 0.15) is 0 Å². The van der Waals surface area contributed by atoms with Gasteiger partial charge in [0.15, 0.2) is 0 Å². The summed E-state index contributed by atoms with van der Waals surface area (Å²) in [6.07, 6.45) is 6.40. The van der Waals surface area contributed by atoms with Gasteiger partial charge < -0.3 is 5.73 Å². The largest absolute Gasteiger partial charge is 0.324 e. The molecule has 2 N–H and O–H groups in total. The number of likely N-dealkylation sites (N-methyl/N-ethyl adjacent to an activating group) is 1. The van der Waals surface area contributed by atoms with Crippen molar-refractivity contribution in [3.63, 3.8) is 0 Å². The fourth-order valence-corrected chi connectivity index (χ4v) is 3.51. The molecule has 1 fully saturated rings. The molecule has 0 radical (unpaired) electrons. The smallest absolute Gasteiger partial charge is 0.0328 e. The summed E-state index contributed by atoms with van der Waals surface area (Å²) in [6, 6.07) is 4.35. The third kappa shape index (κ3) is 3.80. The highest BCUT2D eigenvalue weighted by molar-refractivity contribution is 7.09. The topological polar surface area (TPSA) is 29.3 Å². The summed E-state index contributed by atoms with van der Waals surface area (Å²) in [5, 5.41) is 2.15. The molecular formula is C14H24N2S. The molecule has 0 amide bonds. The molecule has 2 rings (SSSR count). The van der Waals surface area contributed by atoms with Gasteiger partial charge in [0.25, 0.3) is 0 Å². The zero-order valence-electron chi connectivity index (χ0n) is 10.8. The quantitative estimate of drug-likeness (QED) is 0.872. The van der Waals surface area contributed by atoms with Crippen molar-refractivity contribution in [1.29, 1.82) is 0 Å². The van der Waals surface area contributed by atoms with Crippen molar-refractivity contribution in [2.75, 3.05) is 13.1 Å². The summed E-state index contributed by atoms with van der Waals surface area (Å²) < 4.78 is 0. The maximum atomic E-state index is 6.53. The van der Waals surface area contributed by atoms with E-state index in [4.69, 9.17) is 5.73 Å². The van der Waals surface area contributed by atoms with Gasteiger partial charge in [0, 0.05) is 23.5 Å². The maximum absolute atomic E-state index is 6.53. The zero-order valence-corrected chi connectivity index (χ0v) is 11.6. The third-order valence-electron chi connectivity index (χ3n) is 3.79. The summed E-state index contributed by atoms with van der Waals surface area (Å²) in [5.74, 6) is 0. The standard InChI is InChI=1S/C14H24N2S/c1-2-16(11-13-7-6-10-17-13)12-14(15)8-4-3-5-9-14/h6-7,10H,2-5,8-9,11-12,15H2,1H3. The SMILES string of the molecule is CCN(Cc1cccs1)CC1(N)CCCCC1. The first-order valence-electron chi connectivity index (χ1n) is 6.75. The predicted molar refractivity (Wildman–Crippen MR) is 75.3 cm³/mol. The van der Waals surface area contributed by atoms with Gasteiger partial charge in [-0.3, -0.25) is 4.90 Å². The molecule has 0 aliphatic heterocycles. The lowest BCUT2D eigenvalue weighted by Gasteiger charge is -2.37. The Labute approximate surface area is 109 Å². The Morgan fingerprint density at radius 2 is 2.12 bits per heavy atom. The molecule has 0 saturated heterocycles. The fourth-order valence-electron chi connectivity index (χ4n) is 2.76. The highest BCUT2D eigenvalue weighted by Crippen LogP contribution is 2.27. The van der Waals surface area contributed by atoms with Crippen molar-refractivity contribution >= 4 is 11.3 Å². The lowest BCUT2D eigenvalue weighted by molar-refractivity contribution is 0.173. The van der Waals surface area contributed by atoms with Crippen molar-refractivity contribution in [3.8, 4) is 0 Å². The van der Waals surface area contributed by atoms with Crippen molar-refractivity contribution in [2.24, 2.45) is 5.73 Å². The van der Waals surface area contributed by atoms with Crippen molar-refractivity contribution < 1.29 is 0 Å². The Morgan fingerprint density at radius 3 is 2.71 bits per heavy atom. The van der Waals surface area contributed by atoms with Gasteiger partial charge in [0.05, 0.1) is 0 Å². The third-order valence-corrected chi connectivity index (χ3v) is 4.66. The van der Waals surface area contributed by atoms with E-state index in [1.165, 1.54) is 37.0 Å². The molecule has 1 aliphatic carbocycles. The molecule has 2 nitrogen and oxygen atoms in total. The van der Waals surface area contributed by atoms with Gasteiger partial charge in [-0.1, -0.05) is 32.3 Å². The van der Waals surface area contributed by atoms with E-state index in [2.05, 4.69) is 29.3 Å².